The standard InChI is InChI=1S/C15H14ClNO/c1-11-7-8-14(17-15(18)10-16)13(9-11)12-5-3-2-4-6-12/h2-9H,10H2,1H3,(H,17,18). The average molecular weight is 260 g/mol. The number of benzene rings is 2. The molecule has 0 fully saturated rings. The van der Waals surface area contributed by atoms with Crippen molar-refractivity contribution >= 4 is 23.2 Å². The van der Waals surface area contributed by atoms with Crippen LogP contribution in [0.5, 0.6) is 0 Å². The highest BCUT2D eigenvalue weighted by molar-refractivity contribution is 6.29. The monoisotopic (exact) mass is 259 g/mol. The molecule has 0 spiro atoms. The molecule has 0 aliphatic carbocycles. The van der Waals surface area contributed by atoms with Gasteiger partial charge in [-0.15, -0.1) is 11.6 Å². The van der Waals surface area contributed by atoms with Crippen molar-refractivity contribution in [2.24, 2.45) is 0 Å². The minimum atomic E-state index is -0.197. The Morgan fingerprint density at radius 2 is 1.89 bits per heavy atom. The van der Waals surface area contributed by atoms with Gasteiger partial charge in [0.15, 0.2) is 0 Å². The summed E-state index contributed by atoms with van der Waals surface area (Å²) in [6.45, 7) is 2.03. The van der Waals surface area contributed by atoms with Crippen LogP contribution in [0.2, 0.25) is 0 Å². The molecule has 1 N–H and O–H groups in total. The summed E-state index contributed by atoms with van der Waals surface area (Å²) in [7, 11) is 0. The van der Waals surface area contributed by atoms with Gasteiger partial charge in [0.1, 0.15) is 5.88 Å². The molecule has 2 aromatic rings. The molecule has 0 atom stereocenters. The largest absolute Gasteiger partial charge is 0.324 e. The lowest BCUT2D eigenvalue weighted by Crippen LogP contribution is -2.13. The molecule has 2 nitrogen and oxygen atoms in total. The number of halogens is 1. The highest BCUT2D eigenvalue weighted by Crippen LogP contribution is 2.28. The molecule has 0 unspecified atom stereocenters. The summed E-state index contributed by atoms with van der Waals surface area (Å²) in [4.78, 5) is 11.4. The van der Waals surface area contributed by atoms with Crippen molar-refractivity contribution in [1.82, 2.24) is 0 Å². The fourth-order valence-corrected chi connectivity index (χ4v) is 1.87. The van der Waals surface area contributed by atoms with Gasteiger partial charge in [0, 0.05) is 11.3 Å². The summed E-state index contributed by atoms with van der Waals surface area (Å²) >= 11 is 5.52. The SMILES string of the molecule is Cc1ccc(NC(=O)CCl)c(-c2ccccc2)c1. The molecular weight excluding hydrogens is 246 g/mol. The van der Waals surface area contributed by atoms with Gasteiger partial charge in [-0.2, -0.15) is 0 Å². The number of anilines is 1. The van der Waals surface area contributed by atoms with E-state index in [0.717, 1.165) is 22.4 Å². The number of alkyl halides is 1. The smallest absolute Gasteiger partial charge is 0.239 e. The van der Waals surface area contributed by atoms with Crippen molar-refractivity contribution in [3.05, 3.63) is 54.1 Å². The first-order valence-corrected chi connectivity index (χ1v) is 6.26. The van der Waals surface area contributed by atoms with Crippen LogP contribution in [0.3, 0.4) is 0 Å². The molecule has 2 rings (SSSR count). The quantitative estimate of drug-likeness (QED) is 0.834. The van der Waals surface area contributed by atoms with E-state index in [-0.39, 0.29) is 11.8 Å². The van der Waals surface area contributed by atoms with Gasteiger partial charge in [0.25, 0.3) is 0 Å². The summed E-state index contributed by atoms with van der Waals surface area (Å²) in [5.74, 6) is -0.236. The van der Waals surface area contributed by atoms with Gasteiger partial charge in [-0.1, -0.05) is 42.0 Å². The normalized spacial score (nSPS) is 10.1. The molecule has 0 radical (unpaired) electrons. The predicted octanol–water partition coefficient (Wildman–Crippen LogP) is 3.84. The van der Waals surface area contributed by atoms with Crippen LogP contribution >= 0.6 is 11.6 Å². The lowest BCUT2D eigenvalue weighted by molar-refractivity contribution is -0.113. The van der Waals surface area contributed by atoms with Crippen LogP contribution in [0.25, 0.3) is 11.1 Å². The molecule has 3 heteroatoms. The lowest BCUT2D eigenvalue weighted by atomic mass is 10.0. The van der Waals surface area contributed by atoms with Crippen LogP contribution in [0, 0.1) is 6.92 Å². The van der Waals surface area contributed by atoms with Crippen LogP contribution in [0.15, 0.2) is 48.5 Å². The third kappa shape index (κ3) is 2.90. The third-order valence-corrected chi connectivity index (χ3v) is 2.90. The Balaban J connectivity index is 2.44. The fourth-order valence-electron chi connectivity index (χ4n) is 1.81. The van der Waals surface area contributed by atoms with E-state index in [1.807, 2.05) is 49.4 Å². The van der Waals surface area contributed by atoms with E-state index in [9.17, 15) is 4.79 Å². The zero-order valence-corrected chi connectivity index (χ0v) is 10.9. The summed E-state index contributed by atoms with van der Waals surface area (Å²) in [6, 6.07) is 15.9. The highest BCUT2D eigenvalue weighted by atomic mass is 35.5. The van der Waals surface area contributed by atoms with Crippen LogP contribution < -0.4 is 5.32 Å². The molecule has 0 aliphatic heterocycles. The van der Waals surface area contributed by atoms with E-state index >= 15 is 0 Å². The van der Waals surface area contributed by atoms with Crippen LogP contribution in [-0.2, 0) is 4.79 Å². The van der Waals surface area contributed by atoms with E-state index in [0.29, 0.717) is 0 Å². The van der Waals surface area contributed by atoms with Crippen molar-refractivity contribution in [1.29, 1.82) is 0 Å². The van der Waals surface area contributed by atoms with Gasteiger partial charge in [0.2, 0.25) is 5.91 Å². The van der Waals surface area contributed by atoms with Crippen LogP contribution in [0.1, 0.15) is 5.56 Å². The molecule has 0 bridgehead atoms. The molecular formula is C15H14ClNO. The Labute approximate surface area is 112 Å². The summed E-state index contributed by atoms with van der Waals surface area (Å²) < 4.78 is 0. The number of rotatable bonds is 3. The molecule has 0 heterocycles. The highest BCUT2D eigenvalue weighted by Gasteiger charge is 2.07. The third-order valence-electron chi connectivity index (χ3n) is 2.66. The topological polar surface area (TPSA) is 29.1 Å². The van der Waals surface area contributed by atoms with E-state index in [4.69, 9.17) is 11.6 Å². The first kappa shape index (κ1) is 12.7. The number of carbonyl (C=O) groups excluding carboxylic acids is 1. The minimum Gasteiger partial charge on any atom is -0.324 e. The second kappa shape index (κ2) is 5.69. The summed E-state index contributed by atoms with van der Waals surface area (Å²) in [6.07, 6.45) is 0. The van der Waals surface area contributed by atoms with Crippen LogP contribution in [0.4, 0.5) is 5.69 Å². The van der Waals surface area contributed by atoms with Gasteiger partial charge < -0.3 is 5.32 Å². The maximum Gasteiger partial charge on any atom is 0.239 e. The van der Waals surface area contributed by atoms with Crippen molar-refractivity contribution in [2.45, 2.75) is 6.92 Å². The predicted molar refractivity (Wildman–Crippen MR) is 76.0 cm³/mol. The number of hydrogen-bond donors (Lipinski definition) is 1. The molecule has 92 valence electrons. The van der Waals surface area contributed by atoms with E-state index in [1.165, 1.54) is 0 Å². The molecule has 0 saturated carbocycles. The Kier molecular flexibility index (Phi) is 4.00. The summed E-state index contributed by atoms with van der Waals surface area (Å²) in [5.41, 5.74) is 4.02. The first-order valence-electron chi connectivity index (χ1n) is 5.72. The molecule has 0 saturated heterocycles. The van der Waals surface area contributed by atoms with E-state index in [1.54, 1.807) is 0 Å². The van der Waals surface area contributed by atoms with Gasteiger partial charge in [-0.05, 0) is 24.6 Å². The Morgan fingerprint density at radius 3 is 2.56 bits per heavy atom. The number of carbonyl (C=O) groups is 1. The number of amides is 1. The molecule has 0 aromatic heterocycles. The van der Waals surface area contributed by atoms with E-state index < -0.39 is 0 Å². The number of nitrogens with one attached hydrogen (secondary N) is 1. The van der Waals surface area contributed by atoms with Crippen molar-refractivity contribution in [3.8, 4) is 11.1 Å². The van der Waals surface area contributed by atoms with Gasteiger partial charge in [-0.3, -0.25) is 4.79 Å². The Morgan fingerprint density at radius 1 is 1.17 bits per heavy atom. The minimum absolute atomic E-state index is 0.0396. The van der Waals surface area contributed by atoms with Gasteiger partial charge in [0.05, 0.1) is 0 Å². The summed E-state index contributed by atoms with van der Waals surface area (Å²) in [5, 5.41) is 2.82. The van der Waals surface area contributed by atoms with Crippen molar-refractivity contribution < 1.29 is 4.79 Å². The lowest BCUT2D eigenvalue weighted by Gasteiger charge is -2.11. The first-order chi connectivity index (χ1) is 8.70. The maximum atomic E-state index is 11.4. The second-order valence-corrected chi connectivity index (χ2v) is 4.36. The van der Waals surface area contributed by atoms with Gasteiger partial charge in [-0.25, -0.2) is 0 Å². The van der Waals surface area contributed by atoms with Crippen molar-refractivity contribution in [2.75, 3.05) is 11.2 Å². The Hall–Kier alpha value is -1.80. The van der Waals surface area contributed by atoms with E-state index in [2.05, 4.69) is 11.4 Å². The van der Waals surface area contributed by atoms with Crippen LogP contribution in [-0.4, -0.2) is 11.8 Å². The fraction of sp³-hybridized carbons (Fsp3) is 0.133. The molecule has 18 heavy (non-hydrogen) atoms. The average Bonchev–Trinajstić information content (AvgIpc) is 2.41. The molecule has 1 amide bonds. The van der Waals surface area contributed by atoms with Gasteiger partial charge >= 0.3 is 0 Å². The number of hydrogen-bond acceptors (Lipinski definition) is 1. The molecule has 0 aliphatic rings. The second-order valence-electron chi connectivity index (χ2n) is 4.10. The number of aryl methyl sites for hydroxylation is 1. The zero-order valence-electron chi connectivity index (χ0n) is 10.1. The zero-order chi connectivity index (χ0) is 13.0. The Bertz CT molecular complexity index is 552. The maximum absolute atomic E-state index is 11.4. The van der Waals surface area contributed by atoms with Crippen molar-refractivity contribution in [3.63, 3.8) is 0 Å². The molecule has 2 aromatic carbocycles.